The number of fused-ring (bicyclic) bond motifs is 1. The second kappa shape index (κ2) is 10.4. The van der Waals surface area contributed by atoms with Crippen LogP contribution in [0.4, 0.5) is 28.6 Å². The molecule has 2 N–H and O–H groups in total. The number of ether oxygens (including phenoxy) is 2. The summed E-state index contributed by atoms with van der Waals surface area (Å²) in [6.07, 6.45) is -3.43. The normalized spacial score (nSPS) is 16.6. The van der Waals surface area contributed by atoms with Crippen molar-refractivity contribution in [1.82, 2.24) is 20.2 Å². The molecular weight excluding hydrogens is 531 g/mol. The lowest BCUT2D eigenvalue weighted by Gasteiger charge is -2.16. The van der Waals surface area contributed by atoms with Crippen LogP contribution in [0.1, 0.15) is 18.1 Å². The van der Waals surface area contributed by atoms with Crippen LogP contribution in [0.15, 0.2) is 42.6 Å². The second-order valence-electron chi connectivity index (χ2n) is 8.04. The van der Waals surface area contributed by atoms with Crippen molar-refractivity contribution in [3.63, 3.8) is 0 Å². The average molecular weight is 552 g/mol. The first-order chi connectivity index (χ1) is 17.8. The van der Waals surface area contributed by atoms with Crippen LogP contribution >= 0.6 is 22.7 Å². The standard InChI is InChI=1S/C22H20F3N7O3S2/c1-34-16(12-4-2-5-14(10-12)35-22(23,24)25)18(33)29-20-31-30-19(37-20)27-13-7-9-32(11-13)21-28-17-15(36-21)6-3-8-26-17/h2-6,8,10,13,16H,7,9,11H2,1H3,(H,27,30)(H,29,31,33). The number of hydrogen-bond donors (Lipinski definition) is 2. The number of halogens is 3. The minimum Gasteiger partial charge on any atom is -0.406 e. The maximum atomic E-state index is 12.8. The molecule has 4 aromatic rings. The predicted octanol–water partition coefficient (Wildman–Crippen LogP) is 4.46. The van der Waals surface area contributed by atoms with Gasteiger partial charge in [0.25, 0.3) is 5.91 Å². The van der Waals surface area contributed by atoms with Gasteiger partial charge in [0.1, 0.15) is 5.75 Å². The summed E-state index contributed by atoms with van der Waals surface area (Å²) in [7, 11) is 1.28. The van der Waals surface area contributed by atoms with Crippen LogP contribution < -0.4 is 20.3 Å². The van der Waals surface area contributed by atoms with E-state index in [0.29, 0.717) is 5.13 Å². The Kier molecular flexibility index (Phi) is 7.08. The summed E-state index contributed by atoms with van der Waals surface area (Å²) in [6.45, 7) is 1.55. The highest BCUT2D eigenvalue weighted by Gasteiger charge is 2.32. The molecule has 0 saturated carbocycles. The highest BCUT2D eigenvalue weighted by Crippen LogP contribution is 2.32. The average Bonchev–Trinajstić information content (AvgIpc) is 3.58. The molecule has 1 aliphatic rings. The van der Waals surface area contributed by atoms with Crippen molar-refractivity contribution in [2.75, 3.05) is 35.7 Å². The Morgan fingerprint density at radius 3 is 2.81 bits per heavy atom. The summed E-state index contributed by atoms with van der Waals surface area (Å²) in [5, 5.41) is 15.7. The number of carbonyl (C=O) groups excluding carboxylic acids is 1. The topological polar surface area (TPSA) is 114 Å². The van der Waals surface area contributed by atoms with Gasteiger partial charge >= 0.3 is 6.36 Å². The number of amides is 1. The minimum absolute atomic E-state index is 0.111. The highest BCUT2D eigenvalue weighted by molar-refractivity contribution is 7.22. The molecule has 1 fully saturated rings. The molecule has 0 aliphatic carbocycles. The number of nitrogens with zero attached hydrogens (tertiary/aromatic N) is 5. The van der Waals surface area contributed by atoms with Crippen LogP contribution in [0.2, 0.25) is 0 Å². The van der Waals surface area contributed by atoms with Gasteiger partial charge in [-0.25, -0.2) is 4.98 Å². The van der Waals surface area contributed by atoms with E-state index < -0.39 is 24.1 Å². The van der Waals surface area contributed by atoms with Gasteiger partial charge in [-0.05, 0) is 36.2 Å². The smallest absolute Gasteiger partial charge is 0.406 e. The van der Waals surface area contributed by atoms with E-state index in [1.807, 2.05) is 12.1 Å². The van der Waals surface area contributed by atoms with Crippen molar-refractivity contribution in [1.29, 1.82) is 0 Å². The summed E-state index contributed by atoms with van der Waals surface area (Å²) < 4.78 is 47.8. The maximum Gasteiger partial charge on any atom is 0.573 e. The molecule has 15 heteroatoms. The van der Waals surface area contributed by atoms with Crippen molar-refractivity contribution in [2.24, 2.45) is 0 Å². The van der Waals surface area contributed by atoms with Gasteiger partial charge in [0.2, 0.25) is 10.3 Å². The first-order valence-corrected chi connectivity index (χ1v) is 12.7. The number of alkyl halides is 3. The third-order valence-corrected chi connectivity index (χ3v) is 7.30. The van der Waals surface area contributed by atoms with Crippen molar-refractivity contribution in [3.05, 3.63) is 48.2 Å². The SMILES string of the molecule is COC(C(=O)Nc1nnc(NC2CCN(c3nc4ncccc4s3)C2)s1)c1cccc(OC(F)(F)F)c1. The third kappa shape index (κ3) is 6.06. The van der Waals surface area contributed by atoms with Gasteiger partial charge in [0.05, 0.1) is 4.70 Å². The Morgan fingerprint density at radius 2 is 2.03 bits per heavy atom. The molecule has 1 aliphatic heterocycles. The zero-order valence-electron chi connectivity index (χ0n) is 19.2. The molecular formula is C22H20F3N7O3S2. The monoisotopic (exact) mass is 551 g/mol. The van der Waals surface area contributed by atoms with E-state index in [0.717, 1.165) is 58.5 Å². The number of thiazole rings is 1. The molecule has 0 spiro atoms. The van der Waals surface area contributed by atoms with Crippen LogP contribution in [0.5, 0.6) is 5.75 Å². The van der Waals surface area contributed by atoms with E-state index in [2.05, 4.69) is 40.4 Å². The maximum absolute atomic E-state index is 12.8. The first-order valence-electron chi connectivity index (χ1n) is 11.0. The van der Waals surface area contributed by atoms with E-state index in [-0.39, 0.29) is 16.7 Å². The molecule has 0 radical (unpaired) electrons. The summed E-state index contributed by atoms with van der Waals surface area (Å²) in [5.74, 6) is -1.05. The number of benzene rings is 1. The van der Waals surface area contributed by atoms with Gasteiger partial charge in [-0.15, -0.1) is 23.4 Å². The van der Waals surface area contributed by atoms with Crippen molar-refractivity contribution < 1.29 is 27.4 Å². The van der Waals surface area contributed by atoms with Crippen LogP contribution in [0, 0.1) is 0 Å². The van der Waals surface area contributed by atoms with Crippen molar-refractivity contribution >= 4 is 54.3 Å². The lowest BCUT2D eigenvalue weighted by molar-refractivity contribution is -0.274. The Hall–Kier alpha value is -3.56. The molecule has 3 aromatic heterocycles. The lowest BCUT2D eigenvalue weighted by Crippen LogP contribution is -2.25. The molecule has 2 atom stereocenters. The van der Waals surface area contributed by atoms with Crippen LogP contribution in [0.25, 0.3) is 10.3 Å². The fraction of sp³-hybridized carbons (Fsp3) is 0.318. The molecule has 10 nitrogen and oxygen atoms in total. The van der Waals surface area contributed by atoms with Crippen LogP contribution in [-0.2, 0) is 9.53 Å². The number of nitrogens with one attached hydrogen (secondary N) is 2. The number of aromatic nitrogens is 4. The Labute approximate surface area is 216 Å². The largest absolute Gasteiger partial charge is 0.573 e. The number of hydrogen-bond acceptors (Lipinski definition) is 11. The first kappa shape index (κ1) is 25.1. The fourth-order valence-electron chi connectivity index (χ4n) is 3.89. The van der Waals surface area contributed by atoms with Gasteiger partial charge in [-0.1, -0.05) is 34.8 Å². The molecule has 5 rings (SSSR count). The molecule has 1 aromatic carbocycles. The van der Waals surface area contributed by atoms with Gasteiger partial charge in [-0.2, -0.15) is 4.98 Å². The minimum atomic E-state index is -4.85. The molecule has 37 heavy (non-hydrogen) atoms. The van der Waals surface area contributed by atoms with Crippen LogP contribution in [-0.4, -0.2) is 58.7 Å². The van der Waals surface area contributed by atoms with Gasteiger partial charge in [0.15, 0.2) is 16.9 Å². The van der Waals surface area contributed by atoms with E-state index >= 15 is 0 Å². The van der Waals surface area contributed by atoms with Gasteiger partial charge in [-0.3, -0.25) is 10.1 Å². The van der Waals surface area contributed by atoms with Gasteiger partial charge in [0, 0.05) is 32.4 Å². The lowest BCUT2D eigenvalue weighted by atomic mass is 10.1. The van der Waals surface area contributed by atoms with Gasteiger partial charge < -0.3 is 19.7 Å². The predicted molar refractivity (Wildman–Crippen MR) is 133 cm³/mol. The summed E-state index contributed by atoms with van der Waals surface area (Å²) in [6, 6.07) is 9.05. The van der Waals surface area contributed by atoms with E-state index in [9.17, 15) is 18.0 Å². The van der Waals surface area contributed by atoms with E-state index in [4.69, 9.17) is 4.74 Å². The second-order valence-corrected chi connectivity index (χ2v) is 10.0. The Balaban J connectivity index is 1.18. The number of methoxy groups -OCH3 is 1. The Morgan fingerprint density at radius 1 is 1.19 bits per heavy atom. The summed E-state index contributed by atoms with van der Waals surface area (Å²) in [4.78, 5) is 23.8. The summed E-state index contributed by atoms with van der Waals surface area (Å²) >= 11 is 2.74. The molecule has 1 amide bonds. The number of carbonyl (C=O) groups is 1. The number of rotatable bonds is 8. The molecule has 4 heterocycles. The van der Waals surface area contributed by atoms with Crippen molar-refractivity contribution in [2.45, 2.75) is 24.9 Å². The zero-order valence-corrected chi connectivity index (χ0v) is 20.9. The fourth-order valence-corrected chi connectivity index (χ4v) is 5.58. The Bertz CT molecular complexity index is 1360. The molecule has 194 valence electrons. The molecule has 0 bridgehead atoms. The molecule has 2 unspecified atom stereocenters. The van der Waals surface area contributed by atoms with E-state index in [1.54, 1.807) is 17.5 Å². The summed E-state index contributed by atoms with van der Waals surface area (Å²) in [5.41, 5.74) is 0.929. The number of anilines is 3. The van der Waals surface area contributed by atoms with Crippen molar-refractivity contribution in [3.8, 4) is 5.75 Å². The molecule has 1 saturated heterocycles. The van der Waals surface area contributed by atoms with E-state index in [1.165, 1.54) is 19.2 Å². The zero-order chi connectivity index (χ0) is 26.0. The highest BCUT2D eigenvalue weighted by atomic mass is 32.1. The quantitative estimate of drug-likeness (QED) is 0.328. The number of pyridine rings is 1. The third-order valence-electron chi connectivity index (χ3n) is 5.46. The van der Waals surface area contributed by atoms with Crippen LogP contribution in [0.3, 0.4) is 0 Å².